The molecule has 0 bridgehead atoms. The van der Waals surface area contributed by atoms with Crippen LogP contribution in [-0.2, 0) is 0 Å². The van der Waals surface area contributed by atoms with Crippen molar-refractivity contribution in [2.75, 3.05) is 12.4 Å². The zero-order chi connectivity index (χ0) is 16.4. The fourth-order valence-corrected chi connectivity index (χ4v) is 2.85. The topological polar surface area (TPSA) is 77.2 Å². The summed E-state index contributed by atoms with van der Waals surface area (Å²) in [5.74, 6) is 1.08. The zero-order valence-electron chi connectivity index (χ0n) is 12.9. The average Bonchev–Trinajstić information content (AvgIpc) is 3.16. The first-order chi connectivity index (χ1) is 11.1. The standard InChI is InChI=1S/C16H15N3O3S/c1-9-6-11(4-5-14(9)21-3)13-8-23-16(17-13)18-15(20)12-7-10(2)22-19-12/h4-8H,1-3H3,(H,17,18,20). The van der Waals surface area contributed by atoms with Crippen molar-refractivity contribution in [2.24, 2.45) is 0 Å². The third-order valence-corrected chi connectivity index (χ3v) is 4.03. The second-order valence-corrected chi connectivity index (χ2v) is 5.86. The molecule has 0 aliphatic heterocycles. The Kier molecular flexibility index (Phi) is 4.12. The Morgan fingerprint density at radius 1 is 1.30 bits per heavy atom. The minimum Gasteiger partial charge on any atom is -0.496 e. The number of hydrogen-bond donors (Lipinski definition) is 1. The largest absolute Gasteiger partial charge is 0.496 e. The summed E-state index contributed by atoms with van der Waals surface area (Å²) in [6.07, 6.45) is 0. The molecule has 0 atom stereocenters. The fourth-order valence-electron chi connectivity index (χ4n) is 2.14. The molecule has 0 unspecified atom stereocenters. The van der Waals surface area contributed by atoms with Crippen molar-refractivity contribution in [1.82, 2.24) is 10.1 Å². The lowest BCUT2D eigenvalue weighted by Crippen LogP contribution is -2.11. The number of nitrogens with one attached hydrogen (secondary N) is 1. The first-order valence-corrected chi connectivity index (χ1v) is 7.80. The Balaban J connectivity index is 1.78. The van der Waals surface area contributed by atoms with E-state index in [4.69, 9.17) is 9.26 Å². The van der Waals surface area contributed by atoms with Crippen molar-refractivity contribution >= 4 is 22.4 Å². The normalized spacial score (nSPS) is 10.6. The van der Waals surface area contributed by atoms with Crippen molar-refractivity contribution in [3.8, 4) is 17.0 Å². The molecule has 0 saturated carbocycles. The minimum absolute atomic E-state index is 0.236. The molecule has 1 amide bonds. The van der Waals surface area contributed by atoms with Crippen LogP contribution in [0.5, 0.6) is 5.75 Å². The SMILES string of the molecule is COc1ccc(-c2csc(NC(=O)c3cc(C)on3)n2)cc1C. The summed E-state index contributed by atoms with van der Waals surface area (Å²) in [6.45, 7) is 3.71. The molecule has 0 aliphatic rings. The molecule has 0 radical (unpaired) electrons. The maximum Gasteiger partial charge on any atom is 0.279 e. The molecule has 23 heavy (non-hydrogen) atoms. The number of benzene rings is 1. The zero-order valence-corrected chi connectivity index (χ0v) is 13.7. The van der Waals surface area contributed by atoms with Gasteiger partial charge in [0.25, 0.3) is 5.91 Å². The van der Waals surface area contributed by atoms with Crippen LogP contribution >= 0.6 is 11.3 Å². The molecule has 2 heterocycles. The van der Waals surface area contributed by atoms with Crippen molar-refractivity contribution in [1.29, 1.82) is 0 Å². The molecule has 2 aromatic heterocycles. The summed E-state index contributed by atoms with van der Waals surface area (Å²) in [4.78, 5) is 16.5. The third-order valence-electron chi connectivity index (χ3n) is 3.28. The van der Waals surface area contributed by atoms with Gasteiger partial charge in [0, 0.05) is 17.0 Å². The Morgan fingerprint density at radius 2 is 2.13 bits per heavy atom. The molecule has 118 valence electrons. The Hall–Kier alpha value is -2.67. The van der Waals surface area contributed by atoms with Gasteiger partial charge in [-0.25, -0.2) is 4.98 Å². The van der Waals surface area contributed by atoms with E-state index in [9.17, 15) is 4.79 Å². The van der Waals surface area contributed by atoms with Crippen LogP contribution in [0.4, 0.5) is 5.13 Å². The van der Waals surface area contributed by atoms with E-state index in [1.807, 2.05) is 30.5 Å². The molecule has 0 saturated heterocycles. The minimum atomic E-state index is -0.339. The van der Waals surface area contributed by atoms with Crippen molar-refractivity contribution in [3.05, 3.63) is 46.7 Å². The van der Waals surface area contributed by atoms with Crippen LogP contribution in [0.15, 0.2) is 34.2 Å². The van der Waals surface area contributed by atoms with Gasteiger partial charge in [-0.3, -0.25) is 10.1 Å². The Morgan fingerprint density at radius 3 is 2.78 bits per heavy atom. The second-order valence-electron chi connectivity index (χ2n) is 5.00. The van der Waals surface area contributed by atoms with Gasteiger partial charge in [-0.1, -0.05) is 5.16 Å². The van der Waals surface area contributed by atoms with Gasteiger partial charge in [0.2, 0.25) is 0 Å². The molecule has 0 fully saturated rings. The predicted molar refractivity (Wildman–Crippen MR) is 88.0 cm³/mol. The van der Waals surface area contributed by atoms with Crippen LogP contribution < -0.4 is 10.1 Å². The summed E-state index contributed by atoms with van der Waals surface area (Å²) in [6, 6.07) is 7.42. The number of ether oxygens (including phenoxy) is 1. The highest BCUT2D eigenvalue weighted by atomic mass is 32.1. The van der Waals surface area contributed by atoms with Gasteiger partial charge < -0.3 is 9.26 Å². The number of carbonyl (C=O) groups is 1. The van der Waals surface area contributed by atoms with E-state index < -0.39 is 0 Å². The van der Waals surface area contributed by atoms with Gasteiger partial charge >= 0.3 is 0 Å². The number of nitrogens with zero attached hydrogens (tertiary/aromatic N) is 2. The van der Waals surface area contributed by atoms with Crippen LogP contribution in [0.2, 0.25) is 0 Å². The van der Waals surface area contributed by atoms with E-state index in [2.05, 4.69) is 15.5 Å². The van der Waals surface area contributed by atoms with Crippen LogP contribution in [0, 0.1) is 13.8 Å². The Labute approximate surface area is 137 Å². The maximum absolute atomic E-state index is 12.0. The van der Waals surface area contributed by atoms with Crippen LogP contribution in [0.1, 0.15) is 21.8 Å². The highest BCUT2D eigenvalue weighted by Crippen LogP contribution is 2.28. The van der Waals surface area contributed by atoms with Crippen LogP contribution in [0.3, 0.4) is 0 Å². The predicted octanol–water partition coefficient (Wildman–Crippen LogP) is 3.68. The number of aryl methyl sites for hydroxylation is 2. The van der Waals surface area contributed by atoms with Gasteiger partial charge in [0.05, 0.1) is 12.8 Å². The highest BCUT2D eigenvalue weighted by Gasteiger charge is 2.14. The van der Waals surface area contributed by atoms with E-state index in [0.717, 1.165) is 22.6 Å². The van der Waals surface area contributed by atoms with E-state index in [1.54, 1.807) is 20.1 Å². The number of rotatable bonds is 4. The molecule has 0 spiro atoms. The summed E-state index contributed by atoms with van der Waals surface area (Å²) in [5, 5.41) is 8.81. The lowest BCUT2D eigenvalue weighted by Gasteiger charge is -2.05. The summed E-state index contributed by atoms with van der Waals surface area (Å²) >= 11 is 1.36. The highest BCUT2D eigenvalue weighted by molar-refractivity contribution is 7.14. The van der Waals surface area contributed by atoms with Crippen molar-refractivity contribution in [2.45, 2.75) is 13.8 Å². The Bertz CT molecular complexity index is 854. The summed E-state index contributed by atoms with van der Waals surface area (Å²) in [5.41, 5.74) is 3.03. The van der Waals surface area contributed by atoms with Gasteiger partial charge in [0.1, 0.15) is 11.5 Å². The van der Waals surface area contributed by atoms with Crippen LogP contribution in [0.25, 0.3) is 11.3 Å². The quantitative estimate of drug-likeness (QED) is 0.790. The number of aromatic nitrogens is 2. The smallest absolute Gasteiger partial charge is 0.279 e. The van der Waals surface area contributed by atoms with Gasteiger partial charge in [-0.05, 0) is 37.6 Å². The van der Waals surface area contributed by atoms with Gasteiger partial charge in [-0.2, -0.15) is 0 Å². The number of carbonyl (C=O) groups excluding carboxylic acids is 1. The molecular formula is C16H15N3O3S. The number of methoxy groups -OCH3 is 1. The van der Waals surface area contributed by atoms with Gasteiger partial charge in [-0.15, -0.1) is 11.3 Å². The molecule has 6 nitrogen and oxygen atoms in total. The van der Waals surface area contributed by atoms with Crippen molar-refractivity contribution < 1.29 is 14.1 Å². The summed E-state index contributed by atoms with van der Waals surface area (Å²) in [7, 11) is 1.64. The maximum atomic E-state index is 12.0. The fraction of sp³-hybridized carbons (Fsp3) is 0.188. The molecule has 3 aromatic rings. The second kappa shape index (κ2) is 6.21. The lowest BCUT2D eigenvalue weighted by molar-refractivity contribution is 0.101. The monoisotopic (exact) mass is 329 g/mol. The van der Waals surface area contributed by atoms with Crippen LogP contribution in [-0.4, -0.2) is 23.2 Å². The number of amides is 1. The average molecular weight is 329 g/mol. The number of thiazole rings is 1. The third kappa shape index (κ3) is 3.24. The van der Waals surface area contributed by atoms with Crippen molar-refractivity contribution in [3.63, 3.8) is 0 Å². The molecular weight excluding hydrogens is 314 g/mol. The molecule has 0 aliphatic carbocycles. The van der Waals surface area contributed by atoms with Gasteiger partial charge in [0.15, 0.2) is 10.8 Å². The van der Waals surface area contributed by atoms with E-state index in [-0.39, 0.29) is 11.6 Å². The molecule has 1 aromatic carbocycles. The number of hydrogen-bond acceptors (Lipinski definition) is 6. The molecule has 3 rings (SSSR count). The van der Waals surface area contributed by atoms with E-state index in [0.29, 0.717) is 10.9 Å². The first kappa shape index (κ1) is 15.2. The van der Waals surface area contributed by atoms with E-state index in [1.165, 1.54) is 11.3 Å². The molecule has 1 N–H and O–H groups in total. The van der Waals surface area contributed by atoms with E-state index >= 15 is 0 Å². The first-order valence-electron chi connectivity index (χ1n) is 6.92. The number of anilines is 1. The lowest BCUT2D eigenvalue weighted by atomic mass is 10.1. The molecule has 7 heteroatoms. The summed E-state index contributed by atoms with van der Waals surface area (Å²) < 4.78 is 10.1.